The minimum atomic E-state index is 0.625. The van der Waals surface area contributed by atoms with Crippen LogP contribution in [0.1, 0.15) is 46.3 Å². The minimum absolute atomic E-state index is 0.625. The molecule has 0 saturated heterocycles. The molecule has 0 unspecified atom stereocenters. The first-order valence-corrected chi connectivity index (χ1v) is 7.25. The molecule has 0 atom stereocenters. The van der Waals surface area contributed by atoms with E-state index in [1.807, 2.05) is 0 Å². The second-order valence-corrected chi connectivity index (χ2v) is 5.83. The summed E-state index contributed by atoms with van der Waals surface area (Å²) in [6.07, 6.45) is 6.34. The first-order valence-electron chi connectivity index (χ1n) is 6.44. The van der Waals surface area contributed by atoms with Gasteiger partial charge in [-0.25, -0.2) is 4.98 Å². The normalized spacial score (nSPS) is 14.1. The lowest BCUT2D eigenvalue weighted by Crippen LogP contribution is -1.99. The highest BCUT2D eigenvalue weighted by Gasteiger charge is 2.23. The van der Waals surface area contributed by atoms with Crippen LogP contribution in [0.25, 0.3) is 10.2 Å². The molecule has 1 aliphatic rings. The van der Waals surface area contributed by atoms with Gasteiger partial charge in [0, 0.05) is 11.1 Å². The quantitative estimate of drug-likeness (QED) is 0.863. The summed E-state index contributed by atoms with van der Waals surface area (Å²) >= 11 is 1.43. The molecule has 18 heavy (non-hydrogen) atoms. The van der Waals surface area contributed by atoms with Crippen molar-refractivity contribution in [1.82, 2.24) is 4.98 Å². The molecular weight excluding hydrogens is 244 g/mol. The summed E-state index contributed by atoms with van der Waals surface area (Å²) in [6, 6.07) is 0. The SMILES string of the molecule is CCCc1nc2sc(C=O)c(N)c2c2c1CCC2. The third-order valence-electron chi connectivity index (χ3n) is 3.65. The maximum absolute atomic E-state index is 11.0. The number of carbonyl (C=O) groups excluding carboxylic acids is 1. The number of thiophene rings is 1. The summed E-state index contributed by atoms with van der Waals surface area (Å²) in [4.78, 5) is 17.3. The lowest BCUT2D eigenvalue weighted by atomic mass is 10.0. The Bertz CT molecular complexity index is 630. The van der Waals surface area contributed by atoms with E-state index in [-0.39, 0.29) is 0 Å². The maximum Gasteiger partial charge on any atom is 0.162 e. The van der Waals surface area contributed by atoms with Crippen LogP contribution >= 0.6 is 11.3 Å². The van der Waals surface area contributed by atoms with Gasteiger partial charge in [-0.15, -0.1) is 11.3 Å². The second kappa shape index (κ2) is 4.35. The van der Waals surface area contributed by atoms with Crippen LogP contribution in [0.5, 0.6) is 0 Å². The van der Waals surface area contributed by atoms with Crippen molar-refractivity contribution in [3.8, 4) is 0 Å². The number of hydrogen-bond acceptors (Lipinski definition) is 4. The van der Waals surface area contributed by atoms with E-state index >= 15 is 0 Å². The van der Waals surface area contributed by atoms with Gasteiger partial charge in [-0.05, 0) is 36.8 Å². The zero-order valence-electron chi connectivity index (χ0n) is 10.5. The molecule has 2 aromatic rings. The van der Waals surface area contributed by atoms with Gasteiger partial charge in [-0.2, -0.15) is 0 Å². The molecule has 0 radical (unpaired) electrons. The smallest absolute Gasteiger partial charge is 0.162 e. The lowest BCUT2D eigenvalue weighted by molar-refractivity contribution is 0.112. The van der Waals surface area contributed by atoms with Crippen molar-refractivity contribution in [2.45, 2.75) is 39.0 Å². The summed E-state index contributed by atoms with van der Waals surface area (Å²) in [7, 11) is 0. The zero-order chi connectivity index (χ0) is 12.7. The molecule has 4 heteroatoms. The van der Waals surface area contributed by atoms with Gasteiger partial charge in [0.15, 0.2) is 6.29 Å². The van der Waals surface area contributed by atoms with Crippen LogP contribution in [0.2, 0.25) is 0 Å². The van der Waals surface area contributed by atoms with Crippen molar-refractivity contribution in [2.24, 2.45) is 0 Å². The van der Waals surface area contributed by atoms with E-state index in [0.29, 0.717) is 10.6 Å². The molecule has 2 N–H and O–H groups in total. The van der Waals surface area contributed by atoms with Crippen LogP contribution in [0.15, 0.2) is 0 Å². The Morgan fingerprint density at radius 3 is 2.89 bits per heavy atom. The molecule has 2 aromatic heterocycles. The summed E-state index contributed by atoms with van der Waals surface area (Å²) in [5, 5.41) is 1.05. The van der Waals surface area contributed by atoms with Gasteiger partial charge in [0.05, 0.1) is 10.6 Å². The highest BCUT2D eigenvalue weighted by atomic mass is 32.1. The van der Waals surface area contributed by atoms with Gasteiger partial charge in [0.25, 0.3) is 0 Å². The van der Waals surface area contributed by atoms with Crippen molar-refractivity contribution in [3.05, 3.63) is 21.7 Å². The van der Waals surface area contributed by atoms with E-state index in [0.717, 1.165) is 42.2 Å². The molecule has 0 aromatic carbocycles. The molecule has 0 saturated carbocycles. The molecular formula is C14H16N2OS. The molecule has 2 heterocycles. The van der Waals surface area contributed by atoms with Crippen LogP contribution in [0, 0.1) is 0 Å². The number of nitrogen functional groups attached to an aromatic ring is 1. The van der Waals surface area contributed by atoms with Crippen LogP contribution in [-0.4, -0.2) is 11.3 Å². The average molecular weight is 260 g/mol. The molecule has 0 amide bonds. The van der Waals surface area contributed by atoms with E-state index in [1.54, 1.807) is 0 Å². The summed E-state index contributed by atoms with van der Waals surface area (Å²) in [6.45, 7) is 2.17. The lowest BCUT2D eigenvalue weighted by Gasteiger charge is -2.08. The van der Waals surface area contributed by atoms with Crippen molar-refractivity contribution in [3.63, 3.8) is 0 Å². The Hall–Kier alpha value is -1.42. The first-order chi connectivity index (χ1) is 8.76. The predicted octanol–water partition coefficient (Wildman–Crippen LogP) is 3.13. The molecule has 94 valence electrons. The number of aryl methyl sites for hydroxylation is 2. The summed E-state index contributed by atoms with van der Waals surface area (Å²) in [5.74, 6) is 0. The molecule has 0 spiro atoms. The number of rotatable bonds is 3. The highest BCUT2D eigenvalue weighted by molar-refractivity contribution is 7.20. The van der Waals surface area contributed by atoms with E-state index in [2.05, 4.69) is 6.92 Å². The molecule has 0 bridgehead atoms. The van der Waals surface area contributed by atoms with Gasteiger partial charge < -0.3 is 5.73 Å². The van der Waals surface area contributed by atoms with Gasteiger partial charge in [-0.1, -0.05) is 13.3 Å². The molecule has 0 aliphatic heterocycles. The number of anilines is 1. The zero-order valence-corrected chi connectivity index (χ0v) is 11.3. The number of aromatic nitrogens is 1. The Kier molecular flexibility index (Phi) is 2.82. The van der Waals surface area contributed by atoms with E-state index in [9.17, 15) is 4.79 Å². The van der Waals surface area contributed by atoms with Gasteiger partial charge >= 0.3 is 0 Å². The average Bonchev–Trinajstić information content (AvgIpc) is 2.94. The number of nitrogens with zero attached hydrogens (tertiary/aromatic N) is 1. The second-order valence-electron chi connectivity index (χ2n) is 4.80. The molecule has 1 aliphatic carbocycles. The minimum Gasteiger partial charge on any atom is -0.397 e. The van der Waals surface area contributed by atoms with Crippen molar-refractivity contribution < 1.29 is 4.79 Å². The maximum atomic E-state index is 11.0. The standard InChI is InChI=1S/C14H16N2OS/c1-2-4-10-8-5-3-6-9(8)12-13(15)11(7-17)18-14(12)16-10/h7H,2-6,15H2,1H3. The molecule has 3 rings (SSSR count). The number of hydrogen-bond donors (Lipinski definition) is 1. The van der Waals surface area contributed by atoms with Gasteiger partial charge in [0.2, 0.25) is 0 Å². The van der Waals surface area contributed by atoms with Crippen LogP contribution in [0.3, 0.4) is 0 Å². The summed E-state index contributed by atoms with van der Waals surface area (Å²) < 4.78 is 0. The van der Waals surface area contributed by atoms with E-state index < -0.39 is 0 Å². The Balaban J connectivity index is 2.33. The van der Waals surface area contributed by atoms with Crippen LogP contribution in [-0.2, 0) is 19.3 Å². The van der Waals surface area contributed by atoms with Crippen LogP contribution in [0.4, 0.5) is 5.69 Å². The van der Waals surface area contributed by atoms with Crippen LogP contribution < -0.4 is 5.73 Å². The van der Waals surface area contributed by atoms with Crippen molar-refractivity contribution in [2.75, 3.05) is 5.73 Å². The fourth-order valence-electron chi connectivity index (χ4n) is 2.88. The fourth-order valence-corrected chi connectivity index (χ4v) is 3.84. The molecule has 0 fully saturated rings. The first kappa shape index (κ1) is 11.7. The topological polar surface area (TPSA) is 56.0 Å². The van der Waals surface area contributed by atoms with Crippen molar-refractivity contribution >= 4 is 33.5 Å². The fraction of sp³-hybridized carbons (Fsp3) is 0.429. The van der Waals surface area contributed by atoms with Crippen molar-refractivity contribution in [1.29, 1.82) is 0 Å². The van der Waals surface area contributed by atoms with Gasteiger partial charge in [0.1, 0.15) is 4.83 Å². The third kappa shape index (κ3) is 1.56. The summed E-state index contributed by atoms with van der Waals surface area (Å²) in [5.41, 5.74) is 10.7. The Labute approximate surface area is 110 Å². The number of pyridine rings is 1. The Morgan fingerprint density at radius 1 is 1.39 bits per heavy atom. The number of carbonyl (C=O) groups is 1. The highest BCUT2D eigenvalue weighted by Crippen LogP contribution is 2.39. The Morgan fingerprint density at radius 2 is 2.17 bits per heavy atom. The van der Waals surface area contributed by atoms with E-state index in [1.165, 1.54) is 34.6 Å². The monoisotopic (exact) mass is 260 g/mol. The number of aldehydes is 1. The molecule has 3 nitrogen and oxygen atoms in total. The van der Waals surface area contributed by atoms with Gasteiger partial charge in [-0.3, -0.25) is 4.79 Å². The predicted molar refractivity (Wildman–Crippen MR) is 75.4 cm³/mol. The number of fused-ring (bicyclic) bond motifs is 3. The van der Waals surface area contributed by atoms with E-state index in [4.69, 9.17) is 10.7 Å². The number of nitrogens with two attached hydrogens (primary N) is 1. The largest absolute Gasteiger partial charge is 0.397 e. The third-order valence-corrected chi connectivity index (χ3v) is 4.68.